The summed E-state index contributed by atoms with van der Waals surface area (Å²) < 4.78 is 57.5. The van der Waals surface area contributed by atoms with Crippen molar-refractivity contribution in [1.29, 1.82) is 0 Å². The summed E-state index contributed by atoms with van der Waals surface area (Å²) in [6.07, 6.45) is 1.44. The number of imidazole rings is 1. The van der Waals surface area contributed by atoms with Gasteiger partial charge in [0.05, 0.1) is 44.5 Å². The van der Waals surface area contributed by atoms with Gasteiger partial charge in [0.1, 0.15) is 11.6 Å². The van der Waals surface area contributed by atoms with E-state index in [0.29, 0.717) is 17.0 Å². The Labute approximate surface area is 210 Å². The van der Waals surface area contributed by atoms with E-state index in [4.69, 9.17) is 14.2 Å². The molecule has 9 nitrogen and oxygen atoms in total. The van der Waals surface area contributed by atoms with Gasteiger partial charge >= 0.3 is 0 Å². The first-order valence-corrected chi connectivity index (χ1v) is 12.9. The first-order chi connectivity index (χ1) is 17.3. The number of halogens is 1. The highest BCUT2D eigenvalue weighted by atomic mass is 32.2. The standard InChI is InChI=1S/C25H30FN3O6S/c1-33-12-10-28(24(30)20-7-5-8-21(26)15-20)17-22-16-27-25(29(22)11-13-34-2)36(31,32)18-19-6-4-9-23(14-19)35-3/h4-9,14-16H,10-13,17-18H2,1-3H3. The van der Waals surface area contributed by atoms with E-state index in [-0.39, 0.29) is 49.3 Å². The average Bonchev–Trinajstić information content (AvgIpc) is 3.28. The summed E-state index contributed by atoms with van der Waals surface area (Å²) in [6, 6.07) is 12.2. The largest absolute Gasteiger partial charge is 0.497 e. The Balaban J connectivity index is 1.94. The molecule has 0 aliphatic rings. The smallest absolute Gasteiger partial charge is 0.254 e. The van der Waals surface area contributed by atoms with Crippen LogP contribution in [-0.4, -0.2) is 69.9 Å². The first-order valence-electron chi connectivity index (χ1n) is 11.2. The van der Waals surface area contributed by atoms with Crippen molar-refractivity contribution in [3.63, 3.8) is 0 Å². The fraction of sp³-hybridized carbons (Fsp3) is 0.360. The lowest BCUT2D eigenvalue weighted by Gasteiger charge is -2.23. The summed E-state index contributed by atoms with van der Waals surface area (Å²) in [4.78, 5) is 18.8. The molecular weight excluding hydrogens is 489 g/mol. The number of sulfone groups is 1. The Morgan fingerprint density at radius 3 is 2.50 bits per heavy atom. The first kappa shape index (κ1) is 27.3. The van der Waals surface area contributed by atoms with Crippen LogP contribution in [0.15, 0.2) is 59.9 Å². The predicted octanol–water partition coefficient (Wildman–Crippen LogP) is 2.94. The molecule has 2 aromatic carbocycles. The second kappa shape index (κ2) is 12.6. The Morgan fingerprint density at radius 2 is 1.81 bits per heavy atom. The number of carbonyl (C=O) groups excluding carboxylic acids is 1. The molecule has 36 heavy (non-hydrogen) atoms. The van der Waals surface area contributed by atoms with Crippen LogP contribution >= 0.6 is 0 Å². The lowest BCUT2D eigenvalue weighted by atomic mass is 10.2. The fourth-order valence-electron chi connectivity index (χ4n) is 3.69. The maximum absolute atomic E-state index is 13.7. The van der Waals surface area contributed by atoms with E-state index in [1.54, 1.807) is 24.3 Å². The SMILES string of the molecule is COCCN(Cc1cnc(S(=O)(=O)Cc2cccc(OC)c2)n1CCOC)C(=O)c1cccc(F)c1. The van der Waals surface area contributed by atoms with Gasteiger partial charge in [0.2, 0.25) is 15.0 Å². The van der Waals surface area contributed by atoms with Crippen molar-refractivity contribution < 1.29 is 31.8 Å². The van der Waals surface area contributed by atoms with Crippen LogP contribution in [0, 0.1) is 5.82 Å². The zero-order valence-corrected chi connectivity index (χ0v) is 21.3. The number of methoxy groups -OCH3 is 3. The van der Waals surface area contributed by atoms with E-state index in [2.05, 4.69) is 4.98 Å². The molecule has 0 bridgehead atoms. The van der Waals surface area contributed by atoms with Crippen LogP contribution in [0.5, 0.6) is 5.75 Å². The topological polar surface area (TPSA) is 100.0 Å². The number of hydrogen-bond donors (Lipinski definition) is 0. The molecule has 0 spiro atoms. The highest BCUT2D eigenvalue weighted by Crippen LogP contribution is 2.22. The van der Waals surface area contributed by atoms with Gasteiger partial charge in [0, 0.05) is 32.9 Å². The van der Waals surface area contributed by atoms with Crippen molar-refractivity contribution in [2.24, 2.45) is 0 Å². The zero-order chi connectivity index (χ0) is 26.1. The lowest BCUT2D eigenvalue weighted by molar-refractivity contribution is 0.0674. The van der Waals surface area contributed by atoms with Gasteiger partial charge in [-0.1, -0.05) is 18.2 Å². The maximum Gasteiger partial charge on any atom is 0.254 e. The van der Waals surface area contributed by atoms with Crippen LogP contribution in [0.1, 0.15) is 21.6 Å². The fourth-order valence-corrected chi connectivity index (χ4v) is 5.19. The number of carbonyl (C=O) groups is 1. The van der Waals surface area contributed by atoms with Gasteiger partial charge in [-0.2, -0.15) is 0 Å². The summed E-state index contributed by atoms with van der Waals surface area (Å²) in [7, 11) is 0.690. The molecule has 0 aliphatic carbocycles. The molecule has 1 heterocycles. The van der Waals surface area contributed by atoms with Crippen LogP contribution in [0.4, 0.5) is 4.39 Å². The third-order valence-electron chi connectivity index (χ3n) is 5.47. The number of aromatic nitrogens is 2. The van der Waals surface area contributed by atoms with E-state index in [1.165, 1.54) is 55.2 Å². The molecule has 0 unspecified atom stereocenters. The Hall–Kier alpha value is -3.28. The summed E-state index contributed by atoms with van der Waals surface area (Å²) in [6.45, 7) is 0.956. The molecule has 3 aromatic rings. The second-order valence-corrected chi connectivity index (χ2v) is 9.90. The van der Waals surface area contributed by atoms with Gasteiger partial charge in [0.15, 0.2) is 0 Å². The summed E-state index contributed by atoms with van der Waals surface area (Å²) >= 11 is 0. The number of rotatable bonds is 13. The van der Waals surface area contributed by atoms with Gasteiger partial charge in [0.25, 0.3) is 5.91 Å². The van der Waals surface area contributed by atoms with Crippen molar-refractivity contribution in [1.82, 2.24) is 14.5 Å². The van der Waals surface area contributed by atoms with Crippen LogP contribution in [0.25, 0.3) is 0 Å². The van der Waals surface area contributed by atoms with Crippen LogP contribution in [0.3, 0.4) is 0 Å². The molecule has 0 saturated heterocycles. The van der Waals surface area contributed by atoms with Crippen LogP contribution < -0.4 is 4.74 Å². The normalized spacial score (nSPS) is 11.4. The van der Waals surface area contributed by atoms with Gasteiger partial charge < -0.3 is 23.7 Å². The quantitative estimate of drug-likeness (QED) is 0.342. The molecule has 0 radical (unpaired) electrons. The molecule has 0 fully saturated rings. The van der Waals surface area contributed by atoms with Gasteiger partial charge in [-0.3, -0.25) is 4.79 Å². The Morgan fingerprint density at radius 1 is 1.06 bits per heavy atom. The average molecular weight is 520 g/mol. The Kier molecular flexibility index (Phi) is 9.57. The molecular formula is C25H30FN3O6S. The van der Waals surface area contributed by atoms with Gasteiger partial charge in [-0.25, -0.2) is 17.8 Å². The van der Waals surface area contributed by atoms with Crippen molar-refractivity contribution >= 4 is 15.7 Å². The lowest BCUT2D eigenvalue weighted by Crippen LogP contribution is -2.34. The number of nitrogens with zero attached hydrogens (tertiary/aromatic N) is 3. The maximum atomic E-state index is 13.7. The van der Waals surface area contributed by atoms with Crippen LogP contribution in [-0.2, 0) is 38.2 Å². The molecule has 0 saturated carbocycles. The third kappa shape index (κ3) is 6.90. The van der Waals surface area contributed by atoms with Gasteiger partial charge in [-0.15, -0.1) is 0 Å². The minimum Gasteiger partial charge on any atom is -0.497 e. The molecule has 1 aromatic heterocycles. The molecule has 0 atom stereocenters. The zero-order valence-electron chi connectivity index (χ0n) is 20.5. The monoisotopic (exact) mass is 519 g/mol. The van der Waals surface area contributed by atoms with E-state index < -0.39 is 21.6 Å². The Bertz CT molecular complexity index is 1280. The summed E-state index contributed by atoms with van der Waals surface area (Å²) in [5.74, 6) is -0.658. The number of amides is 1. The highest BCUT2D eigenvalue weighted by Gasteiger charge is 2.26. The molecule has 3 rings (SSSR count). The third-order valence-corrected chi connectivity index (χ3v) is 7.06. The molecule has 11 heteroatoms. The van der Waals surface area contributed by atoms with Crippen molar-refractivity contribution in [2.75, 3.05) is 41.1 Å². The summed E-state index contributed by atoms with van der Waals surface area (Å²) in [5, 5.41) is -0.123. The van der Waals surface area contributed by atoms with Crippen molar-refractivity contribution in [3.8, 4) is 5.75 Å². The minimum atomic E-state index is -3.85. The molecule has 0 aliphatic heterocycles. The van der Waals surface area contributed by atoms with E-state index in [1.807, 2.05) is 0 Å². The number of hydrogen-bond acceptors (Lipinski definition) is 7. The minimum absolute atomic E-state index is 0.0457. The number of ether oxygens (including phenoxy) is 3. The molecule has 194 valence electrons. The van der Waals surface area contributed by atoms with Crippen molar-refractivity contribution in [3.05, 3.63) is 77.4 Å². The number of benzene rings is 2. The predicted molar refractivity (Wildman–Crippen MR) is 131 cm³/mol. The van der Waals surface area contributed by atoms with E-state index in [9.17, 15) is 17.6 Å². The van der Waals surface area contributed by atoms with Crippen molar-refractivity contribution in [2.45, 2.75) is 24.0 Å². The van der Waals surface area contributed by atoms with Gasteiger partial charge in [-0.05, 0) is 35.9 Å². The highest BCUT2D eigenvalue weighted by molar-refractivity contribution is 7.90. The van der Waals surface area contributed by atoms with E-state index >= 15 is 0 Å². The van der Waals surface area contributed by atoms with E-state index in [0.717, 1.165) is 6.07 Å². The molecule has 0 N–H and O–H groups in total. The van der Waals surface area contributed by atoms with Crippen LogP contribution in [0.2, 0.25) is 0 Å². The second-order valence-electron chi connectivity index (χ2n) is 8.02. The summed E-state index contributed by atoms with van der Waals surface area (Å²) in [5.41, 5.74) is 1.23. The molecule has 1 amide bonds.